The smallest absolute Gasteiger partial charge is 0.242 e. The Morgan fingerprint density at radius 3 is 2.59 bits per heavy atom. The number of likely N-dealkylation sites (tertiary alicyclic amines) is 1. The molecule has 2 unspecified atom stereocenters. The monoisotopic (exact) mass is 415 g/mol. The number of carbonyl (C=O) groups excluding carboxylic acids is 1. The number of sulfonamides is 1. The number of amides is 1. The third kappa shape index (κ3) is 4.69. The number of rotatable bonds is 6. The van der Waals surface area contributed by atoms with E-state index >= 15 is 0 Å². The number of hydrogen-bond acceptors (Lipinski definition) is 4. The van der Waals surface area contributed by atoms with E-state index in [0.29, 0.717) is 11.6 Å². The zero-order valence-electron chi connectivity index (χ0n) is 17.4. The van der Waals surface area contributed by atoms with Crippen LogP contribution in [0.3, 0.4) is 0 Å². The van der Waals surface area contributed by atoms with Crippen molar-refractivity contribution in [1.29, 1.82) is 0 Å². The minimum Gasteiger partial charge on any atom is -0.325 e. The molecule has 2 aromatic carbocycles. The van der Waals surface area contributed by atoms with Gasteiger partial charge < -0.3 is 5.32 Å². The van der Waals surface area contributed by atoms with E-state index < -0.39 is 10.0 Å². The van der Waals surface area contributed by atoms with E-state index in [1.165, 1.54) is 37.4 Å². The van der Waals surface area contributed by atoms with Gasteiger partial charge in [-0.25, -0.2) is 12.7 Å². The number of nitrogens with one attached hydrogen (secondary N) is 1. The van der Waals surface area contributed by atoms with Gasteiger partial charge in [0.05, 0.1) is 10.9 Å². The van der Waals surface area contributed by atoms with Crippen LogP contribution in [-0.2, 0) is 14.8 Å². The second-order valence-electron chi connectivity index (χ2n) is 7.82. The predicted octanol–water partition coefficient (Wildman–Crippen LogP) is 3.06. The summed E-state index contributed by atoms with van der Waals surface area (Å²) in [6.07, 6.45) is 1.03. The Bertz CT molecular complexity index is 988. The molecule has 7 heteroatoms. The summed E-state index contributed by atoms with van der Waals surface area (Å²) in [4.78, 5) is 15.1. The molecule has 0 spiro atoms. The van der Waals surface area contributed by atoms with E-state index in [0.717, 1.165) is 23.8 Å². The van der Waals surface area contributed by atoms with Crippen molar-refractivity contribution >= 4 is 21.6 Å². The molecule has 1 heterocycles. The minimum absolute atomic E-state index is 0.130. The van der Waals surface area contributed by atoms with Crippen LogP contribution in [-0.4, -0.2) is 56.8 Å². The molecule has 1 saturated heterocycles. The highest BCUT2D eigenvalue weighted by Crippen LogP contribution is 2.30. The molecule has 3 rings (SSSR count). The number of benzene rings is 2. The zero-order valence-corrected chi connectivity index (χ0v) is 18.2. The molecule has 1 aliphatic heterocycles. The lowest BCUT2D eigenvalue weighted by molar-refractivity contribution is -0.120. The highest BCUT2D eigenvalue weighted by molar-refractivity contribution is 7.89. The van der Waals surface area contributed by atoms with E-state index in [4.69, 9.17) is 0 Å². The average Bonchev–Trinajstić information content (AvgIpc) is 3.17. The Hall–Kier alpha value is -2.22. The first-order valence-electron chi connectivity index (χ1n) is 9.83. The second-order valence-corrected chi connectivity index (χ2v) is 9.97. The van der Waals surface area contributed by atoms with Crippen LogP contribution in [0.2, 0.25) is 0 Å². The first kappa shape index (κ1) is 21.5. The summed E-state index contributed by atoms with van der Waals surface area (Å²) in [6, 6.07) is 14.5. The third-order valence-corrected chi connectivity index (χ3v) is 7.47. The highest BCUT2D eigenvalue weighted by atomic mass is 32.2. The summed E-state index contributed by atoms with van der Waals surface area (Å²) in [7, 11) is -0.567. The predicted molar refractivity (Wildman–Crippen MR) is 116 cm³/mol. The summed E-state index contributed by atoms with van der Waals surface area (Å²) in [6.45, 7) is 5.73. The number of aryl methyl sites for hydroxylation is 1. The number of hydrogen-bond donors (Lipinski definition) is 1. The van der Waals surface area contributed by atoms with Crippen LogP contribution >= 0.6 is 0 Å². The van der Waals surface area contributed by atoms with E-state index in [2.05, 4.69) is 35.3 Å². The molecular formula is C22H29N3O3S. The SMILES string of the molecule is Cc1ccccc1C1CCN(C(C)C(=O)Nc2cccc(S(=O)(=O)N(C)C)c2)C1. The van der Waals surface area contributed by atoms with E-state index in [9.17, 15) is 13.2 Å². The maximum absolute atomic E-state index is 12.8. The van der Waals surface area contributed by atoms with Crippen molar-refractivity contribution in [3.8, 4) is 0 Å². The van der Waals surface area contributed by atoms with Crippen LogP contribution < -0.4 is 5.32 Å². The zero-order chi connectivity index (χ0) is 21.2. The van der Waals surface area contributed by atoms with Gasteiger partial charge in [0.2, 0.25) is 15.9 Å². The molecule has 1 aliphatic rings. The highest BCUT2D eigenvalue weighted by Gasteiger charge is 2.31. The topological polar surface area (TPSA) is 69.7 Å². The maximum Gasteiger partial charge on any atom is 0.242 e. The van der Waals surface area contributed by atoms with Gasteiger partial charge in [-0.1, -0.05) is 30.3 Å². The standard InChI is InChI=1S/C22H29N3O3S/c1-16-8-5-6-11-21(16)18-12-13-25(15-18)17(2)22(26)23-19-9-7-10-20(14-19)29(27,28)24(3)4/h5-11,14,17-18H,12-13,15H2,1-4H3,(H,23,26). The van der Waals surface area contributed by atoms with Crippen LogP contribution in [0.1, 0.15) is 30.4 Å². The Labute approximate surface area is 173 Å². The lowest BCUT2D eigenvalue weighted by Gasteiger charge is -2.24. The summed E-state index contributed by atoms with van der Waals surface area (Å²) >= 11 is 0. The lowest BCUT2D eigenvalue weighted by Crippen LogP contribution is -2.40. The third-order valence-electron chi connectivity index (χ3n) is 5.66. The normalized spacial score (nSPS) is 18.7. The molecule has 1 N–H and O–H groups in total. The summed E-state index contributed by atoms with van der Waals surface area (Å²) in [5, 5.41) is 2.87. The van der Waals surface area contributed by atoms with Gasteiger partial charge in [-0.2, -0.15) is 0 Å². The largest absolute Gasteiger partial charge is 0.325 e. The Morgan fingerprint density at radius 2 is 1.90 bits per heavy atom. The van der Waals surface area contributed by atoms with E-state index in [1.54, 1.807) is 12.1 Å². The first-order valence-corrected chi connectivity index (χ1v) is 11.3. The van der Waals surface area contributed by atoms with Crippen molar-refractivity contribution in [3.63, 3.8) is 0 Å². The molecule has 0 bridgehead atoms. The summed E-state index contributed by atoms with van der Waals surface area (Å²) in [5.41, 5.74) is 3.12. The molecule has 0 aromatic heterocycles. The Kier molecular flexibility index (Phi) is 6.41. The van der Waals surface area contributed by atoms with Crippen LogP contribution in [0.4, 0.5) is 5.69 Å². The van der Waals surface area contributed by atoms with Crippen molar-refractivity contribution in [2.24, 2.45) is 0 Å². The van der Waals surface area contributed by atoms with Gasteiger partial charge in [0.25, 0.3) is 0 Å². The van der Waals surface area contributed by atoms with Gasteiger partial charge in [0, 0.05) is 26.3 Å². The van der Waals surface area contributed by atoms with Crippen LogP contribution in [0.25, 0.3) is 0 Å². The molecule has 2 atom stereocenters. The number of anilines is 1. The molecular weight excluding hydrogens is 386 g/mol. The minimum atomic E-state index is -3.54. The molecule has 2 aromatic rings. The fourth-order valence-corrected chi connectivity index (χ4v) is 4.74. The summed E-state index contributed by atoms with van der Waals surface area (Å²) < 4.78 is 25.8. The first-order chi connectivity index (χ1) is 13.7. The van der Waals surface area contributed by atoms with Gasteiger partial charge in [-0.15, -0.1) is 0 Å². The maximum atomic E-state index is 12.8. The molecule has 0 radical (unpaired) electrons. The fraction of sp³-hybridized carbons (Fsp3) is 0.409. The van der Waals surface area contributed by atoms with Crippen molar-refractivity contribution in [3.05, 3.63) is 59.7 Å². The van der Waals surface area contributed by atoms with Crippen molar-refractivity contribution in [2.75, 3.05) is 32.5 Å². The van der Waals surface area contributed by atoms with Crippen LogP contribution in [0.15, 0.2) is 53.4 Å². The molecule has 6 nitrogen and oxygen atoms in total. The average molecular weight is 416 g/mol. The number of carbonyl (C=O) groups is 1. The van der Waals surface area contributed by atoms with Crippen molar-refractivity contribution in [1.82, 2.24) is 9.21 Å². The quantitative estimate of drug-likeness (QED) is 0.787. The second kappa shape index (κ2) is 8.65. The Balaban J connectivity index is 1.67. The van der Waals surface area contributed by atoms with E-state index in [-0.39, 0.29) is 16.8 Å². The van der Waals surface area contributed by atoms with E-state index in [1.807, 2.05) is 13.0 Å². The van der Waals surface area contributed by atoms with Gasteiger partial charge in [-0.3, -0.25) is 9.69 Å². The molecule has 29 heavy (non-hydrogen) atoms. The molecule has 0 saturated carbocycles. The van der Waals surface area contributed by atoms with Gasteiger partial charge in [0.1, 0.15) is 0 Å². The lowest BCUT2D eigenvalue weighted by atomic mass is 9.94. The van der Waals surface area contributed by atoms with Gasteiger partial charge in [0.15, 0.2) is 0 Å². The van der Waals surface area contributed by atoms with Crippen molar-refractivity contribution in [2.45, 2.75) is 37.1 Å². The Morgan fingerprint density at radius 1 is 1.17 bits per heavy atom. The molecule has 1 amide bonds. The molecule has 1 fully saturated rings. The molecule has 0 aliphatic carbocycles. The van der Waals surface area contributed by atoms with Crippen LogP contribution in [0.5, 0.6) is 0 Å². The van der Waals surface area contributed by atoms with Crippen LogP contribution in [0, 0.1) is 6.92 Å². The fourth-order valence-electron chi connectivity index (χ4n) is 3.80. The van der Waals surface area contributed by atoms with Gasteiger partial charge in [-0.05, 0) is 62.1 Å². The summed E-state index contributed by atoms with van der Waals surface area (Å²) in [5.74, 6) is 0.301. The van der Waals surface area contributed by atoms with Gasteiger partial charge >= 0.3 is 0 Å². The molecule has 156 valence electrons. The number of nitrogens with zero attached hydrogens (tertiary/aromatic N) is 2. The van der Waals surface area contributed by atoms with Crippen molar-refractivity contribution < 1.29 is 13.2 Å².